The summed E-state index contributed by atoms with van der Waals surface area (Å²) < 4.78 is 0. The fourth-order valence-corrected chi connectivity index (χ4v) is 5.91. The molecule has 0 radical (unpaired) electrons. The molecule has 21 heavy (non-hydrogen) atoms. The van der Waals surface area contributed by atoms with Crippen molar-refractivity contribution in [1.82, 2.24) is 0 Å². The van der Waals surface area contributed by atoms with Gasteiger partial charge in [-0.3, -0.25) is 0 Å². The van der Waals surface area contributed by atoms with Crippen molar-refractivity contribution in [2.24, 2.45) is 23.2 Å². The molecule has 2 nitrogen and oxygen atoms in total. The molecule has 0 unspecified atom stereocenters. The second kappa shape index (κ2) is 4.49. The Morgan fingerprint density at radius 3 is 2.86 bits per heavy atom. The van der Waals surface area contributed by atoms with Crippen LogP contribution in [-0.2, 0) is 6.42 Å². The zero-order chi connectivity index (χ0) is 14.8. The first-order chi connectivity index (χ1) is 10.0. The van der Waals surface area contributed by atoms with E-state index < -0.39 is 0 Å². The van der Waals surface area contributed by atoms with E-state index in [-0.39, 0.29) is 11.5 Å². The third-order valence-corrected chi connectivity index (χ3v) is 6.99. The summed E-state index contributed by atoms with van der Waals surface area (Å²) in [5.74, 6) is 2.88. The average molecular weight is 286 g/mol. The van der Waals surface area contributed by atoms with Gasteiger partial charge >= 0.3 is 0 Å². The van der Waals surface area contributed by atoms with Gasteiger partial charge in [0.1, 0.15) is 5.75 Å². The van der Waals surface area contributed by atoms with Crippen LogP contribution in [-0.4, -0.2) is 16.3 Å². The fourth-order valence-electron chi connectivity index (χ4n) is 5.91. The molecule has 0 heterocycles. The van der Waals surface area contributed by atoms with Gasteiger partial charge in [0.25, 0.3) is 0 Å². The molecule has 1 aromatic carbocycles. The molecule has 0 aliphatic heterocycles. The van der Waals surface area contributed by atoms with Gasteiger partial charge in [0.15, 0.2) is 0 Å². The van der Waals surface area contributed by atoms with E-state index in [1.54, 1.807) is 0 Å². The third kappa shape index (κ3) is 1.81. The monoisotopic (exact) mass is 286 g/mol. The summed E-state index contributed by atoms with van der Waals surface area (Å²) in [4.78, 5) is 0. The van der Waals surface area contributed by atoms with E-state index in [0.29, 0.717) is 23.5 Å². The zero-order valence-electron chi connectivity index (χ0n) is 13.0. The molecule has 0 bridgehead atoms. The van der Waals surface area contributed by atoms with Gasteiger partial charge in [0.05, 0.1) is 6.10 Å². The Labute approximate surface area is 127 Å². The van der Waals surface area contributed by atoms with Gasteiger partial charge in [-0.25, -0.2) is 0 Å². The minimum atomic E-state index is -0.121. The van der Waals surface area contributed by atoms with Gasteiger partial charge < -0.3 is 10.2 Å². The molecule has 0 spiro atoms. The number of hydrogen-bond donors (Lipinski definition) is 2. The summed E-state index contributed by atoms with van der Waals surface area (Å²) in [5.41, 5.74) is 2.96. The fraction of sp³-hybridized carbons (Fsp3) is 0.684. The lowest BCUT2D eigenvalue weighted by atomic mass is 9.55. The van der Waals surface area contributed by atoms with Crippen LogP contribution in [0, 0.1) is 23.2 Å². The molecule has 2 saturated carbocycles. The third-order valence-electron chi connectivity index (χ3n) is 6.99. The van der Waals surface area contributed by atoms with Crippen LogP contribution in [0.1, 0.15) is 56.6 Å². The molecule has 3 aliphatic rings. The molecule has 114 valence electrons. The van der Waals surface area contributed by atoms with E-state index in [2.05, 4.69) is 19.9 Å². The molecule has 3 aliphatic carbocycles. The minimum absolute atomic E-state index is 0.121. The predicted octanol–water partition coefficient (Wildman–Crippen LogP) is 3.86. The van der Waals surface area contributed by atoms with Crippen molar-refractivity contribution < 1.29 is 10.2 Å². The van der Waals surface area contributed by atoms with Crippen LogP contribution >= 0.6 is 0 Å². The molecule has 1 aromatic rings. The number of aromatic hydroxyl groups is 1. The summed E-state index contributed by atoms with van der Waals surface area (Å²) in [6.07, 6.45) is 5.71. The van der Waals surface area contributed by atoms with Gasteiger partial charge in [0.2, 0.25) is 0 Å². The molecule has 6 atom stereocenters. The smallest absolute Gasteiger partial charge is 0.115 e. The summed E-state index contributed by atoms with van der Waals surface area (Å²) in [5, 5.41) is 20.4. The summed E-state index contributed by atoms with van der Waals surface area (Å²) >= 11 is 0. The lowest BCUT2D eigenvalue weighted by Gasteiger charge is -2.50. The van der Waals surface area contributed by atoms with Gasteiger partial charge in [-0.15, -0.1) is 0 Å². The van der Waals surface area contributed by atoms with Crippen molar-refractivity contribution in [3.8, 4) is 5.75 Å². The van der Waals surface area contributed by atoms with E-state index in [0.717, 1.165) is 18.8 Å². The van der Waals surface area contributed by atoms with E-state index in [1.807, 2.05) is 12.1 Å². The second-order valence-electron chi connectivity index (χ2n) is 8.00. The highest BCUT2D eigenvalue weighted by Crippen LogP contribution is 2.62. The molecule has 2 heteroatoms. The number of aliphatic hydroxyl groups is 1. The number of rotatable bonds is 0. The van der Waals surface area contributed by atoms with Crippen molar-refractivity contribution in [3.63, 3.8) is 0 Å². The summed E-state index contributed by atoms with van der Waals surface area (Å²) in [6.45, 7) is 4.55. The van der Waals surface area contributed by atoms with Crippen LogP contribution in [0.2, 0.25) is 0 Å². The van der Waals surface area contributed by atoms with Gasteiger partial charge in [-0.2, -0.15) is 0 Å². The molecular formula is C19H26O2. The lowest BCUT2D eigenvalue weighted by molar-refractivity contribution is -0.0309. The Morgan fingerprint density at radius 1 is 1.24 bits per heavy atom. The van der Waals surface area contributed by atoms with Gasteiger partial charge in [-0.1, -0.05) is 19.9 Å². The number of aryl methyl sites for hydroxylation is 1. The van der Waals surface area contributed by atoms with Gasteiger partial charge in [-0.05, 0) is 84.5 Å². The van der Waals surface area contributed by atoms with Crippen LogP contribution < -0.4 is 0 Å². The van der Waals surface area contributed by atoms with Crippen LogP contribution in [0.15, 0.2) is 18.2 Å². The maximum atomic E-state index is 10.6. The minimum Gasteiger partial charge on any atom is -0.508 e. The highest BCUT2D eigenvalue weighted by atomic mass is 16.3. The Morgan fingerprint density at radius 2 is 2.05 bits per heavy atom. The first kappa shape index (κ1) is 13.6. The Bertz CT molecular complexity index is 567. The molecule has 4 rings (SSSR count). The van der Waals surface area contributed by atoms with Crippen LogP contribution in [0.5, 0.6) is 5.75 Å². The SMILES string of the molecule is C[C@H]1C[C@H]2[C@H]3CCc4cc(O)ccc4[C@H]3CC[C@]2(C)[C@H]1O. The topological polar surface area (TPSA) is 40.5 Å². The molecule has 0 aromatic heterocycles. The molecule has 2 fully saturated rings. The molecule has 2 N–H and O–H groups in total. The first-order valence-corrected chi connectivity index (χ1v) is 8.50. The maximum absolute atomic E-state index is 10.6. The first-order valence-electron chi connectivity index (χ1n) is 8.50. The number of fused-ring (bicyclic) bond motifs is 5. The van der Waals surface area contributed by atoms with Crippen LogP contribution in [0.3, 0.4) is 0 Å². The van der Waals surface area contributed by atoms with Crippen molar-refractivity contribution >= 4 is 0 Å². The standard InChI is InChI=1S/C19H26O2/c1-11-9-17-16-5-3-12-10-13(20)4-6-14(12)15(16)7-8-19(17,2)18(11)21/h4,6,10-11,15-18,20-21H,3,5,7-9H2,1-2H3/t11-,15+,16-,17-,18-,19-/m0/s1. The normalized spacial score (nSPS) is 44.8. The Hall–Kier alpha value is -1.02. The van der Waals surface area contributed by atoms with Crippen molar-refractivity contribution in [2.45, 2.75) is 58.0 Å². The highest BCUT2D eigenvalue weighted by Gasteiger charge is 2.56. The average Bonchev–Trinajstić information content (AvgIpc) is 2.70. The van der Waals surface area contributed by atoms with Crippen LogP contribution in [0.25, 0.3) is 0 Å². The number of phenols is 1. The summed E-state index contributed by atoms with van der Waals surface area (Å²) in [6, 6.07) is 5.96. The quantitative estimate of drug-likeness (QED) is 0.760. The Kier molecular flexibility index (Phi) is 2.91. The van der Waals surface area contributed by atoms with Crippen molar-refractivity contribution in [2.75, 3.05) is 0 Å². The van der Waals surface area contributed by atoms with Crippen LogP contribution in [0.4, 0.5) is 0 Å². The van der Waals surface area contributed by atoms with E-state index in [1.165, 1.54) is 30.4 Å². The van der Waals surface area contributed by atoms with Crippen molar-refractivity contribution in [3.05, 3.63) is 29.3 Å². The maximum Gasteiger partial charge on any atom is 0.115 e. The zero-order valence-corrected chi connectivity index (χ0v) is 13.0. The second-order valence-corrected chi connectivity index (χ2v) is 8.00. The molecular weight excluding hydrogens is 260 g/mol. The predicted molar refractivity (Wildman–Crippen MR) is 83.3 cm³/mol. The number of benzene rings is 1. The summed E-state index contributed by atoms with van der Waals surface area (Å²) in [7, 11) is 0. The van der Waals surface area contributed by atoms with E-state index in [4.69, 9.17) is 0 Å². The Balaban J connectivity index is 1.71. The number of hydrogen-bond acceptors (Lipinski definition) is 2. The van der Waals surface area contributed by atoms with E-state index in [9.17, 15) is 10.2 Å². The largest absolute Gasteiger partial charge is 0.508 e. The van der Waals surface area contributed by atoms with Crippen molar-refractivity contribution in [1.29, 1.82) is 0 Å². The highest BCUT2D eigenvalue weighted by molar-refractivity contribution is 5.40. The van der Waals surface area contributed by atoms with Gasteiger partial charge in [0, 0.05) is 0 Å². The lowest BCUT2D eigenvalue weighted by Crippen LogP contribution is -2.44. The molecule has 0 amide bonds. The number of phenolic OH excluding ortho intramolecular Hbond substituents is 1. The molecule has 0 saturated heterocycles. The van der Waals surface area contributed by atoms with E-state index >= 15 is 0 Å². The number of aliphatic hydroxyl groups excluding tert-OH is 1.